The van der Waals surface area contributed by atoms with Gasteiger partial charge in [0.25, 0.3) is 5.91 Å². The summed E-state index contributed by atoms with van der Waals surface area (Å²) >= 11 is 0. The number of nitrogens with one attached hydrogen (secondary N) is 1. The molecule has 1 aliphatic carbocycles. The van der Waals surface area contributed by atoms with Gasteiger partial charge in [0.1, 0.15) is 0 Å². The fourth-order valence-electron chi connectivity index (χ4n) is 3.27. The van der Waals surface area contributed by atoms with E-state index >= 15 is 0 Å². The molecule has 136 valence electrons. The van der Waals surface area contributed by atoms with Gasteiger partial charge in [0.05, 0.1) is 12.8 Å². The number of hydrogen-bond acceptors (Lipinski definition) is 4. The van der Waals surface area contributed by atoms with E-state index in [1.54, 1.807) is 38.3 Å². The second-order valence-corrected chi connectivity index (χ2v) is 6.53. The van der Waals surface area contributed by atoms with Gasteiger partial charge in [0, 0.05) is 22.6 Å². The number of carbonyl (C=O) groups is 2. The molecular formula is C21H18N2O4. The molecule has 0 saturated carbocycles. The molecule has 1 aliphatic heterocycles. The van der Waals surface area contributed by atoms with Crippen LogP contribution in [0.3, 0.4) is 0 Å². The van der Waals surface area contributed by atoms with Gasteiger partial charge < -0.3 is 14.5 Å². The first-order valence-electron chi connectivity index (χ1n) is 8.56. The van der Waals surface area contributed by atoms with Crippen LogP contribution in [-0.2, 0) is 4.79 Å². The maximum absolute atomic E-state index is 12.5. The topological polar surface area (TPSA) is 80.9 Å². The summed E-state index contributed by atoms with van der Waals surface area (Å²) in [5.41, 5.74) is 3.41. The Balaban J connectivity index is 1.65. The third kappa shape index (κ3) is 2.89. The molecule has 1 aromatic carbocycles. The maximum Gasteiger partial charge on any atom is 0.313 e. The molecule has 2 aromatic rings. The highest BCUT2D eigenvalue weighted by Gasteiger charge is 2.27. The smallest absolute Gasteiger partial charge is 0.313 e. The van der Waals surface area contributed by atoms with Crippen LogP contribution in [0, 0.1) is 5.92 Å². The Labute approximate surface area is 155 Å². The summed E-state index contributed by atoms with van der Waals surface area (Å²) in [4.78, 5) is 28.7. The third-order valence-electron chi connectivity index (χ3n) is 4.92. The molecule has 1 N–H and O–H groups in total. The molecular weight excluding hydrogens is 344 g/mol. The molecule has 0 spiro atoms. The van der Waals surface area contributed by atoms with Gasteiger partial charge in [0.15, 0.2) is 17.1 Å². The monoisotopic (exact) mass is 362 g/mol. The lowest BCUT2D eigenvalue weighted by atomic mass is 9.85. The van der Waals surface area contributed by atoms with E-state index in [2.05, 4.69) is 10.3 Å². The predicted octanol–water partition coefficient (Wildman–Crippen LogP) is 3.56. The number of aliphatic imine (C=N–C) groups is 1. The van der Waals surface area contributed by atoms with Gasteiger partial charge in [-0.25, -0.2) is 4.99 Å². The van der Waals surface area contributed by atoms with E-state index in [-0.39, 0.29) is 17.6 Å². The first kappa shape index (κ1) is 17.0. The Bertz CT molecular complexity index is 1100. The minimum Gasteiger partial charge on any atom is -0.493 e. The zero-order valence-corrected chi connectivity index (χ0v) is 15.2. The molecule has 0 bridgehead atoms. The average molecular weight is 362 g/mol. The summed E-state index contributed by atoms with van der Waals surface area (Å²) in [5, 5.41) is 3.63. The molecule has 2 aliphatic rings. The fourth-order valence-corrected chi connectivity index (χ4v) is 3.27. The van der Waals surface area contributed by atoms with E-state index < -0.39 is 5.91 Å². The molecule has 1 unspecified atom stereocenters. The number of furan rings is 1. The van der Waals surface area contributed by atoms with Gasteiger partial charge in [0.2, 0.25) is 0 Å². The Morgan fingerprint density at radius 2 is 2.11 bits per heavy atom. The predicted molar refractivity (Wildman–Crippen MR) is 102 cm³/mol. The van der Waals surface area contributed by atoms with Crippen molar-refractivity contribution in [3.63, 3.8) is 0 Å². The van der Waals surface area contributed by atoms with Crippen molar-refractivity contribution in [3.05, 3.63) is 65.1 Å². The van der Waals surface area contributed by atoms with Crippen molar-refractivity contribution in [3.8, 4) is 5.75 Å². The first-order valence-corrected chi connectivity index (χ1v) is 8.56. The van der Waals surface area contributed by atoms with Crippen molar-refractivity contribution in [2.24, 2.45) is 10.9 Å². The van der Waals surface area contributed by atoms with Crippen molar-refractivity contribution in [2.45, 2.75) is 13.8 Å². The van der Waals surface area contributed by atoms with Gasteiger partial charge in [-0.2, -0.15) is 0 Å². The lowest BCUT2D eigenvalue weighted by Crippen LogP contribution is -2.35. The zero-order chi connectivity index (χ0) is 19.1. The molecule has 0 saturated heterocycles. The normalized spacial score (nSPS) is 20.6. The van der Waals surface area contributed by atoms with Crippen LogP contribution in [0.4, 0.5) is 0 Å². The number of rotatable bonds is 2. The molecule has 1 atom stereocenters. The number of fused-ring (bicyclic) bond motifs is 2. The number of hydrogen-bond donors (Lipinski definition) is 1. The molecule has 2 heterocycles. The quantitative estimate of drug-likeness (QED) is 0.886. The van der Waals surface area contributed by atoms with Crippen LogP contribution in [0.2, 0.25) is 0 Å². The standard InChI is InChI=1S/C21H18N2O4/c1-11-12(2)20(24)23-16-10-14(7-8-15(11)16)22-21(25)18-9-13-5-4-6-17(26-3)19(13)27-18/h4-10,15H,1-3H3,(H,23,24). The Hall–Kier alpha value is -3.41. The van der Waals surface area contributed by atoms with Crippen LogP contribution >= 0.6 is 0 Å². The van der Waals surface area contributed by atoms with E-state index in [9.17, 15) is 9.59 Å². The molecule has 6 nitrogen and oxygen atoms in total. The van der Waals surface area contributed by atoms with Crippen LogP contribution in [0.1, 0.15) is 24.4 Å². The van der Waals surface area contributed by atoms with Crippen molar-refractivity contribution in [1.82, 2.24) is 5.32 Å². The number of nitrogens with zero attached hydrogens (tertiary/aromatic N) is 1. The largest absolute Gasteiger partial charge is 0.493 e. The Morgan fingerprint density at radius 1 is 1.30 bits per heavy atom. The number of methoxy groups -OCH3 is 1. The summed E-state index contributed by atoms with van der Waals surface area (Å²) in [6.07, 6.45) is 5.44. The van der Waals surface area contributed by atoms with Crippen LogP contribution in [0.15, 0.2) is 68.7 Å². The lowest BCUT2D eigenvalue weighted by Gasteiger charge is -2.28. The summed E-state index contributed by atoms with van der Waals surface area (Å²) in [6, 6.07) is 7.08. The van der Waals surface area contributed by atoms with Gasteiger partial charge in [-0.15, -0.1) is 0 Å². The second kappa shape index (κ2) is 6.39. The highest BCUT2D eigenvalue weighted by atomic mass is 16.5. The molecule has 1 aromatic heterocycles. The zero-order valence-electron chi connectivity index (χ0n) is 15.2. The Kier molecular flexibility index (Phi) is 4.03. The van der Waals surface area contributed by atoms with E-state index in [0.717, 1.165) is 22.2 Å². The molecule has 6 heteroatoms. The number of carbonyl (C=O) groups excluding carboxylic acids is 2. The SMILES string of the molecule is COc1cccc2cc(C(=O)N=C3C=CC4C(=C3)NC(=O)C(C)=C4C)oc12. The third-order valence-corrected chi connectivity index (χ3v) is 4.92. The van der Waals surface area contributed by atoms with E-state index in [0.29, 0.717) is 17.0 Å². The van der Waals surface area contributed by atoms with Gasteiger partial charge in [-0.05, 0) is 38.1 Å². The number of amides is 2. The van der Waals surface area contributed by atoms with Crippen molar-refractivity contribution in [1.29, 1.82) is 0 Å². The van der Waals surface area contributed by atoms with E-state index in [4.69, 9.17) is 9.15 Å². The van der Waals surface area contributed by atoms with Crippen molar-refractivity contribution < 1.29 is 18.7 Å². The number of para-hydroxylation sites is 1. The second-order valence-electron chi connectivity index (χ2n) is 6.53. The van der Waals surface area contributed by atoms with Crippen molar-refractivity contribution >= 4 is 28.5 Å². The Morgan fingerprint density at radius 3 is 2.89 bits per heavy atom. The van der Waals surface area contributed by atoms with Crippen LogP contribution < -0.4 is 10.1 Å². The van der Waals surface area contributed by atoms with Crippen LogP contribution in [0.25, 0.3) is 11.0 Å². The summed E-state index contributed by atoms with van der Waals surface area (Å²) < 4.78 is 10.9. The summed E-state index contributed by atoms with van der Waals surface area (Å²) in [6.45, 7) is 3.74. The number of ether oxygens (including phenoxy) is 1. The molecule has 4 rings (SSSR count). The van der Waals surface area contributed by atoms with Gasteiger partial charge in [-0.1, -0.05) is 23.8 Å². The fraction of sp³-hybridized carbons (Fsp3) is 0.190. The van der Waals surface area contributed by atoms with E-state index in [1.807, 2.05) is 25.1 Å². The van der Waals surface area contributed by atoms with Crippen molar-refractivity contribution in [2.75, 3.05) is 7.11 Å². The molecule has 0 radical (unpaired) electrons. The maximum atomic E-state index is 12.5. The number of benzene rings is 1. The highest BCUT2D eigenvalue weighted by Crippen LogP contribution is 2.31. The molecule has 27 heavy (non-hydrogen) atoms. The molecule has 2 amide bonds. The van der Waals surface area contributed by atoms with Crippen LogP contribution in [-0.4, -0.2) is 24.6 Å². The highest BCUT2D eigenvalue weighted by molar-refractivity contribution is 6.14. The minimum absolute atomic E-state index is 0.00668. The van der Waals surface area contributed by atoms with Crippen LogP contribution in [0.5, 0.6) is 5.75 Å². The molecule has 0 fully saturated rings. The minimum atomic E-state index is -0.492. The summed E-state index contributed by atoms with van der Waals surface area (Å²) in [5.74, 6) is 0.0844. The summed E-state index contributed by atoms with van der Waals surface area (Å²) in [7, 11) is 1.55. The van der Waals surface area contributed by atoms with Gasteiger partial charge in [-0.3, -0.25) is 9.59 Å². The van der Waals surface area contributed by atoms with Gasteiger partial charge >= 0.3 is 5.91 Å². The number of allylic oxidation sites excluding steroid dienone is 3. The average Bonchev–Trinajstić information content (AvgIpc) is 3.10. The first-order chi connectivity index (χ1) is 13.0. The lowest BCUT2D eigenvalue weighted by molar-refractivity contribution is -0.117. The van der Waals surface area contributed by atoms with E-state index in [1.165, 1.54) is 0 Å².